The molecule has 1 aromatic carbocycles. The molecule has 128 valence electrons. The molecule has 2 aromatic heterocycles. The molecule has 2 fully saturated rings. The number of aromatic nitrogens is 4. The van der Waals surface area contributed by atoms with E-state index in [9.17, 15) is 0 Å². The first-order valence-electron chi connectivity index (χ1n) is 8.61. The fourth-order valence-electron chi connectivity index (χ4n) is 3.56. The Morgan fingerprint density at radius 3 is 2.96 bits per heavy atom. The van der Waals surface area contributed by atoms with E-state index in [0.717, 1.165) is 35.2 Å². The first kappa shape index (κ1) is 15.5. The number of benzene rings is 1. The zero-order chi connectivity index (χ0) is 16.9. The summed E-state index contributed by atoms with van der Waals surface area (Å²) in [6, 6.07) is 8.06. The number of rotatable bonds is 4. The van der Waals surface area contributed by atoms with Gasteiger partial charge in [-0.3, -0.25) is 4.40 Å². The normalized spacial score (nSPS) is 21.6. The van der Waals surface area contributed by atoms with Crippen LogP contribution in [-0.2, 0) is 5.54 Å². The van der Waals surface area contributed by atoms with Crippen molar-refractivity contribution in [2.45, 2.75) is 36.5 Å². The van der Waals surface area contributed by atoms with Crippen molar-refractivity contribution in [1.82, 2.24) is 19.6 Å². The van der Waals surface area contributed by atoms with Gasteiger partial charge in [-0.15, -0.1) is 10.2 Å². The molecule has 2 aliphatic rings. The number of nitrogens with one attached hydrogen (secondary N) is 1. The highest BCUT2D eigenvalue weighted by Crippen LogP contribution is 2.49. The molecule has 0 bridgehead atoms. The minimum Gasteiger partial charge on any atom is -0.357 e. The second-order valence-corrected chi connectivity index (χ2v) is 8.49. The number of halogens is 1. The molecular weight excluding hydrogens is 354 g/mol. The van der Waals surface area contributed by atoms with Crippen LogP contribution in [0, 0.1) is 0 Å². The lowest BCUT2D eigenvalue weighted by Gasteiger charge is -2.19. The molecule has 7 heteroatoms. The Bertz CT molecular complexity index is 930. The van der Waals surface area contributed by atoms with Gasteiger partial charge in [0, 0.05) is 17.4 Å². The number of nitrogens with zero attached hydrogens (tertiary/aromatic N) is 4. The van der Waals surface area contributed by atoms with Crippen LogP contribution in [-0.4, -0.2) is 25.3 Å². The van der Waals surface area contributed by atoms with Crippen molar-refractivity contribution in [2.75, 3.05) is 11.1 Å². The molecule has 3 aromatic rings. The Hall–Kier alpha value is -1.79. The lowest BCUT2D eigenvalue weighted by Crippen LogP contribution is -2.20. The highest BCUT2D eigenvalue weighted by Gasteiger charge is 2.45. The van der Waals surface area contributed by atoms with Gasteiger partial charge in [-0.1, -0.05) is 23.7 Å². The van der Waals surface area contributed by atoms with Gasteiger partial charge in [-0.2, -0.15) is 11.8 Å². The maximum atomic E-state index is 6.18. The molecule has 0 unspecified atom stereocenters. The second-order valence-electron chi connectivity index (χ2n) is 6.75. The highest BCUT2D eigenvalue weighted by atomic mass is 35.5. The molecule has 1 N–H and O–H groups in total. The molecule has 3 heterocycles. The van der Waals surface area contributed by atoms with Gasteiger partial charge in [0.15, 0.2) is 11.6 Å². The average molecular weight is 372 g/mol. The predicted octanol–water partition coefficient (Wildman–Crippen LogP) is 4.45. The molecule has 0 amide bonds. The summed E-state index contributed by atoms with van der Waals surface area (Å²) in [6.45, 7) is 0. The molecule has 1 atom stereocenters. The fraction of sp³-hybridized carbons (Fsp3) is 0.389. The van der Waals surface area contributed by atoms with Crippen LogP contribution in [0.2, 0.25) is 5.02 Å². The second kappa shape index (κ2) is 5.88. The molecule has 1 saturated heterocycles. The zero-order valence-corrected chi connectivity index (χ0v) is 15.2. The van der Waals surface area contributed by atoms with Crippen LogP contribution in [0.25, 0.3) is 5.65 Å². The minimum absolute atomic E-state index is 0.0893. The summed E-state index contributed by atoms with van der Waals surface area (Å²) in [5.74, 6) is 3.03. The van der Waals surface area contributed by atoms with E-state index in [1.165, 1.54) is 24.2 Å². The van der Waals surface area contributed by atoms with Gasteiger partial charge in [-0.25, -0.2) is 4.98 Å². The minimum atomic E-state index is -0.0893. The molecule has 1 aliphatic heterocycles. The number of anilines is 1. The number of fused-ring (bicyclic) bond motifs is 1. The smallest absolute Gasteiger partial charge is 0.203 e. The summed E-state index contributed by atoms with van der Waals surface area (Å²) < 4.78 is 2.09. The van der Waals surface area contributed by atoms with E-state index in [2.05, 4.69) is 31.0 Å². The maximum absolute atomic E-state index is 6.18. The van der Waals surface area contributed by atoms with Crippen molar-refractivity contribution in [1.29, 1.82) is 0 Å². The van der Waals surface area contributed by atoms with Crippen molar-refractivity contribution < 1.29 is 0 Å². The molecule has 25 heavy (non-hydrogen) atoms. The molecule has 1 aliphatic carbocycles. The topological polar surface area (TPSA) is 55.1 Å². The van der Waals surface area contributed by atoms with Gasteiger partial charge < -0.3 is 5.32 Å². The van der Waals surface area contributed by atoms with Gasteiger partial charge >= 0.3 is 0 Å². The largest absolute Gasteiger partial charge is 0.357 e. The summed E-state index contributed by atoms with van der Waals surface area (Å²) in [6.07, 6.45) is 8.34. The SMILES string of the molecule is Clc1cccc(C2(Nc3nccn4c([C@@H]5CCCS5)nnc34)CC2)c1. The Morgan fingerprint density at radius 1 is 1.28 bits per heavy atom. The van der Waals surface area contributed by atoms with E-state index in [1.807, 2.05) is 42.4 Å². The van der Waals surface area contributed by atoms with Gasteiger partial charge in [0.2, 0.25) is 5.65 Å². The van der Waals surface area contributed by atoms with Gasteiger partial charge in [-0.05, 0) is 49.1 Å². The van der Waals surface area contributed by atoms with E-state index in [-0.39, 0.29) is 5.54 Å². The van der Waals surface area contributed by atoms with Crippen molar-refractivity contribution >= 4 is 34.8 Å². The standard InChI is InChI=1S/C18H18ClN5S/c19-13-4-1-3-12(11-13)18(6-7-18)21-15-17-23-22-16(14-5-2-10-25-14)24(17)9-8-20-15/h1,3-4,8-9,11,14H,2,5-7,10H2,(H,20,21)/t14-/m0/s1. The Kier molecular flexibility index (Phi) is 3.64. The lowest BCUT2D eigenvalue weighted by atomic mass is 10.1. The Labute approximate surface area is 155 Å². The number of hydrogen-bond donors (Lipinski definition) is 1. The summed E-state index contributed by atoms with van der Waals surface area (Å²) in [4.78, 5) is 4.55. The van der Waals surface area contributed by atoms with Crippen molar-refractivity contribution in [2.24, 2.45) is 0 Å². The van der Waals surface area contributed by atoms with E-state index in [1.54, 1.807) is 0 Å². The summed E-state index contributed by atoms with van der Waals surface area (Å²) in [5.41, 5.74) is 1.92. The quantitative estimate of drug-likeness (QED) is 0.734. The van der Waals surface area contributed by atoms with Crippen LogP contribution in [0.4, 0.5) is 5.82 Å². The first-order valence-corrected chi connectivity index (χ1v) is 10.0. The van der Waals surface area contributed by atoms with Crippen LogP contribution in [0.3, 0.4) is 0 Å². The average Bonchev–Trinajstić information content (AvgIpc) is 3.04. The Morgan fingerprint density at radius 2 is 2.20 bits per heavy atom. The van der Waals surface area contributed by atoms with Crippen molar-refractivity contribution in [3.05, 3.63) is 53.1 Å². The Balaban J connectivity index is 1.51. The summed E-state index contributed by atoms with van der Waals surface area (Å²) in [7, 11) is 0. The lowest BCUT2D eigenvalue weighted by molar-refractivity contribution is 0.764. The third kappa shape index (κ3) is 2.68. The van der Waals surface area contributed by atoms with Crippen molar-refractivity contribution in [3.8, 4) is 0 Å². The van der Waals surface area contributed by atoms with E-state index in [4.69, 9.17) is 11.6 Å². The maximum Gasteiger partial charge on any atom is 0.203 e. The van der Waals surface area contributed by atoms with E-state index in [0.29, 0.717) is 5.25 Å². The monoisotopic (exact) mass is 371 g/mol. The first-order chi connectivity index (χ1) is 12.3. The molecule has 1 saturated carbocycles. The molecular formula is C18H18ClN5S. The van der Waals surface area contributed by atoms with Crippen molar-refractivity contribution in [3.63, 3.8) is 0 Å². The number of thioether (sulfide) groups is 1. The predicted molar refractivity (Wildman–Crippen MR) is 101 cm³/mol. The zero-order valence-electron chi connectivity index (χ0n) is 13.7. The molecule has 0 radical (unpaired) electrons. The van der Waals surface area contributed by atoms with Gasteiger partial charge in [0.1, 0.15) is 0 Å². The third-order valence-corrected chi connectivity index (χ3v) is 6.66. The van der Waals surface area contributed by atoms with Gasteiger partial charge in [0.05, 0.1) is 10.8 Å². The summed E-state index contributed by atoms with van der Waals surface area (Å²) >= 11 is 8.15. The number of hydrogen-bond acceptors (Lipinski definition) is 5. The van der Waals surface area contributed by atoms with E-state index < -0.39 is 0 Å². The summed E-state index contributed by atoms with van der Waals surface area (Å²) in [5, 5.41) is 13.7. The highest BCUT2D eigenvalue weighted by molar-refractivity contribution is 7.99. The van der Waals surface area contributed by atoms with E-state index >= 15 is 0 Å². The van der Waals surface area contributed by atoms with Crippen LogP contribution in [0.1, 0.15) is 42.3 Å². The molecule has 5 nitrogen and oxygen atoms in total. The van der Waals surface area contributed by atoms with Gasteiger partial charge in [0.25, 0.3) is 0 Å². The fourth-order valence-corrected chi connectivity index (χ4v) is 5.01. The molecule has 5 rings (SSSR count). The van der Waals surface area contributed by atoms with Crippen LogP contribution in [0.5, 0.6) is 0 Å². The van der Waals surface area contributed by atoms with Crippen LogP contribution >= 0.6 is 23.4 Å². The van der Waals surface area contributed by atoms with Crippen LogP contribution < -0.4 is 5.32 Å². The third-order valence-electron chi connectivity index (χ3n) is 5.06. The molecule has 0 spiro atoms. The van der Waals surface area contributed by atoms with Crippen LogP contribution in [0.15, 0.2) is 36.7 Å².